The highest BCUT2D eigenvalue weighted by molar-refractivity contribution is 6.17. The summed E-state index contributed by atoms with van der Waals surface area (Å²) < 4.78 is 0. The van der Waals surface area contributed by atoms with Crippen molar-refractivity contribution in [2.75, 3.05) is 5.88 Å². The molecule has 0 aromatic carbocycles. The van der Waals surface area contributed by atoms with Crippen LogP contribution in [0.25, 0.3) is 0 Å². The SMILES string of the molecule is ClCCC1CCCCCC1. The Labute approximate surface area is 69.0 Å². The van der Waals surface area contributed by atoms with Crippen LogP contribution in [0.3, 0.4) is 0 Å². The molecule has 0 atom stereocenters. The summed E-state index contributed by atoms with van der Waals surface area (Å²) in [4.78, 5) is 0. The molecule has 0 aliphatic heterocycles. The van der Waals surface area contributed by atoms with E-state index in [4.69, 9.17) is 11.6 Å². The van der Waals surface area contributed by atoms with E-state index >= 15 is 0 Å². The lowest BCUT2D eigenvalue weighted by atomic mass is 9.98. The fourth-order valence-electron chi connectivity index (χ4n) is 1.81. The minimum absolute atomic E-state index is 0.866. The molecule has 1 rings (SSSR count). The Hall–Kier alpha value is 0.290. The van der Waals surface area contributed by atoms with Crippen molar-refractivity contribution < 1.29 is 0 Å². The first kappa shape index (κ1) is 8.39. The van der Waals surface area contributed by atoms with E-state index in [0.29, 0.717) is 0 Å². The largest absolute Gasteiger partial charge is 0.127 e. The molecule has 60 valence electrons. The molecular formula is C9H17Cl. The molecule has 0 saturated heterocycles. The van der Waals surface area contributed by atoms with Crippen molar-refractivity contribution in [3.8, 4) is 0 Å². The lowest BCUT2D eigenvalue weighted by Crippen LogP contribution is -1.98. The highest BCUT2D eigenvalue weighted by atomic mass is 35.5. The Bertz CT molecular complexity index is 72.8. The predicted octanol–water partition coefficient (Wildman–Crippen LogP) is 3.59. The zero-order chi connectivity index (χ0) is 7.23. The monoisotopic (exact) mass is 160 g/mol. The summed E-state index contributed by atoms with van der Waals surface area (Å²) >= 11 is 5.69. The predicted molar refractivity (Wildman–Crippen MR) is 46.5 cm³/mol. The van der Waals surface area contributed by atoms with Crippen molar-refractivity contribution >= 4 is 11.6 Å². The third-order valence-corrected chi connectivity index (χ3v) is 2.71. The molecule has 1 aliphatic rings. The molecule has 0 N–H and O–H groups in total. The average Bonchev–Trinajstić information content (AvgIpc) is 2.17. The van der Waals surface area contributed by atoms with Gasteiger partial charge in [-0.25, -0.2) is 0 Å². The van der Waals surface area contributed by atoms with Gasteiger partial charge in [-0.3, -0.25) is 0 Å². The molecule has 0 spiro atoms. The number of alkyl halides is 1. The van der Waals surface area contributed by atoms with Gasteiger partial charge in [0.15, 0.2) is 0 Å². The van der Waals surface area contributed by atoms with Crippen LogP contribution in [0.15, 0.2) is 0 Å². The fourth-order valence-corrected chi connectivity index (χ4v) is 2.12. The second kappa shape index (κ2) is 5.01. The molecule has 1 heteroatoms. The molecule has 0 aromatic heterocycles. The standard InChI is InChI=1S/C9H17Cl/c10-8-7-9-5-3-1-2-4-6-9/h9H,1-8H2. The van der Waals surface area contributed by atoms with E-state index in [1.54, 1.807) is 0 Å². The van der Waals surface area contributed by atoms with Gasteiger partial charge < -0.3 is 0 Å². The van der Waals surface area contributed by atoms with Gasteiger partial charge in [0.25, 0.3) is 0 Å². The molecule has 10 heavy (non-hydrogen) atoms. The van der Waals surface area contributed by atoms with Gasteiger partial charge in [-0.15, -0.1) is 11.6 Å². The summed E-state index contributed by atoms with van der Waals surface area (Å²) in [5.74, 6) is 1.82. The molecule has 1 aliphatic carbocycles. The zero-order valence-corrected chi connectivity index (χ0v) is 7.37. The lowest BCUT2D eigenvalue weighted by Gasteiger charge is -2.10. The van der Waals surface area contributed by atoms with Crippen LogP contribution in [0.1, 0.15) is 44.9 Å². The molecule has 0 bridgehead atoms. The van der Waals surface area contributed by atoms with E-state index in [9.17, 15) is 0 Å². The van der Waals surface area contributed by atoms with Crippen molar-refractivity contribution in [3.05, 3.63) is 0 Å². The first-order chi connectivity index (χ1) is 4.93. The molecule has 1 fully saturated rings. The van der Waals surface area contributed by atoms with Crippen LogP contribution >= 0.6 is 11.6 Å². The highest BCUT2D eigenvalue weighted by Crippen LogP contribution is 2.25. The van der Waals surface area contributed by atoms with Crippen LogP contribution in [0.2, 0.25) is 0 Å². The van der Waals surface area contributed by atoms with Crippen LogP contribution < -0.4 is 0 Å². The Morgan fingerprint density at radius 3 is 2.10 bits per heavy atom. The number of rotatable bonds is 2. The maximum absolute atomic E-state index is 5.69. The summed E-state index contributed by atoms with van der Waals surface area (Å²) in [7, 11) is 0. The van der Waals surface area contributed by atoms with Gasteiger partial charge in [0.1, 0.15) is 0 Å². The van der Waals surface area contributed by atoms with Crippen LogP contribution in [0.5, 0.6) is 0 Å². The van der Waals surface area contributed by atoms with Crippen LogP contribution in [0, 0.1) is 5.92 Å². The molecule has 0 heterocycles. The summed E-state index contributed by atoms with van der Waals surface area (Å²) in [6.45, 7) is 0. The number of halogens is 1. The maximum Gasteiger partial charge on any atom is 0.0226 e. The van der Waals surface area contributed by atoms with Crippen LogP contribution in [-0.2, 0) is 0 Å². The third kappa shape index (κ3) is 2.92. The third-order valence-electron chi connectivity index (χ3n) is 2.49. The number of hydrogen-bond donors (Lipinski definition) is 0. The topological polar surface area (TPSA) is 0 Å². The molecule has 0 unspecified atom stereocenters. The molecule has 1 saturated carbocycles. The Balaban J connectivity index is 2.15. The van der Waals surface area contributed by atoms with Crippen molar-refractivity contribution in [1.82, 2.24) is 0 Å². The van der Waals surface area contributed by atoms with Crippen molar-refractivity contribution in [2.24, 2.45) is 5.92 Å². The van der Waals surface area contributed by atoms with Crippen LogP contribution in [-0.4, -0.2) is 5.88 Å². The van der Waals surface area contributed by atoms with Crippen molar-refractivity contribution in [2.45, 2.75) is 44.9 Å². The first-order valence-electron chi connectivity index (χ1n) is 4.49. The molecule has 0 nitrogen and oxygen atoms in total. The smallest absolute Gasteiger partial charge is 0.0226 e. The Kier molecular flexibility index (Phi) is 4.20. The van der Waals surface area contributed by atoms with E-state index in [1.165, 1.54) is 44.9 Å². The Morgan fingerprint density at radius 2 is 1.60 bits per heavy atom. The van der Waals surface area contributed by atoms with Crippen LogP contribution in [0.4, 0.5) is 0 Å². The Morgan fingerprint density at radius 1 is 1.00 bits per heavy atom. The van der Waals surface area contributed by atoms with E-state index in [-0.39, 0.29) is 0 Å². The summed E-state index contributed by atoms with van der Waals surface area (Å²) in [5.41, 5.74) is 0. The number of hydrogen-bond acceptors (Lipinski definition) is 0. The minimum Gasteiger partial charge on any atom is -0.127 e. The van der Waals surface area contributed by atoms with Gasteiger partial charge in [0.2, 0.25) is 0 Å². The second-order valence-corrected chi connectivity index (χ2v) is 3.71. The zero-order valence-electron chi connectivity index (χ0n) is 6.61. The van der Waals surface area contributed by atoms with Gasteiger partial charge in [0, 0.05) is 5.88 Å². The second-order valence-electron chi connectivity index (χ2n) is 3.34. The van der Waals surface area contributed by atoms with E-state index in [0.717, 1.165) is 11.8 Å². The van der Waals surface area contributed by atoms with Gasteiger partial charge in [-0.05, 0) is 12.3 Å². The lowest BCUT2D eigenvalue weighted by molar-refractivity contribution is 0.449. The summed E-state index contributed by atoms with van der Waals surface area (Å²) in [6.07, 6.45) is 9.93. The summed E-state index contributed by atoms with van der Waals surface area (Å²) in [6, 6.07) is 0. The molecule has 0 aromatic rings. The van der Waals surface area contributed by atoms with Gasteiger partial charge in [0.05, 0.1) is 0 Å². The van der Waals surface area contributed by atoms with Gasteiger partial charge >= 0.3 is 0 Å². The summed E-state index contributed by atoms with van der Waals surface area (Å²) in [5, 5.41) is 0. The normalized spacial score (nSPS) is 22.5. The molecule has 0 radical (unpaired) electrons. The molecular weight excluding hydrogens is 144 g/mol. The fraction of sp³-hybridized carbons (Fsp3) is 1.00. The van der Waals surface area contributed by atoms with Gasteiger partial charge in [-0.2, -0.15) is 0 Å². The maximum atomic E-state index is 5.69. The van der Waals surface area contributed by atoms with E-state index < -0.39 is 0 Å². The van der Waals surface area contributed by atoms with E-state index in [1.807, 2.05) is 0 Å². The molecule has 0 amide bonds. The average molecular weight is 161 g/mol. The van der Waals surface area contributed by atoms with Crippen molar-refractivity contribution in [3.63, 3.8) is 0 Å². The first-order valence-corrected chi connectivity index (χ1v) is 5.03. The highest BCUT2D eigenvalue weighted by Gasteiger charge is 2.10. The van der Waals surface area contributed by atoms with Crippen molar-refractivity contribution in [1.29, 1.82) is 0 Å². The minimum atomic E-state index is 0.866. The quantitative estimate of drug-likeness (QED) is 0.428. The van der Waals surface area contributed by atoms with E-state index in [2.05, 4.69) is 0 Å². The van der Waals surface area contributed by atoms with Gasteiger partial charge in [-0.1, -0.05) is 38.5 Å².